The monoisotopic (exact) mass is 352 g/mol. The molecule has 0 aliphatic carbocycles. The molecule has 0 saturated carbocycles. The maximum atomic E-state index is 12.5. The highest BCUT2D eigenvalue weighted by molar-refractivity contribution is 7.99. The van der Waals surface area contributed by atoms with Crippen LogP contribution in [0, 0.1) is 0 Å². The van der Waals surface area contributed by atoms with Crippen LogP contribution in [-0.2, 0) is 12.4 Å². The molecule has 0 aromatic carbocycles. The summed E-state index contributed by atoms with van der Waals surface area (Å²) in [6, 6.07) is 4.28. The Bertz CT molecular complexity index is 649. The van der Waals surface area contributed by atoms with E-state index < -0.39 is 23.5 Å². The lowest BCUT2D eigenvalue weighted by Gasteiger charge is -2.12. The predicted molar refractivity (Wildman–Crippen MR) is 72.8 cm³/mol. The van der Waals surface area contributed by atoms with E-state index in [0.29, 0.717) is 10.7 Å². The minimum absolute atomic E-state index is 0.326. The summed E-state index contributed by atoms with van der Waals surface area (Å²) in [4.78, 5) is 7.45. The predicted octanol–water partition coefficient (Wildman–Crippen LogP) is 5.37. The lowest BCUT2D eigenvalue weighted by atomic mass is 10.2. The third-order valence-corrected chi connectivity index (χ3v) is 3.97. The zero-order valence-corrected chi connectivity index (χ0v) is 12.4. The van der Waals surface area contributed by atoms with Crippen molar-refractivity contribution in [3.05, 3.63) is 53.5 Å². The Morgan fingerprint density at radius 1 is 0.826 bits per heavy atom. The molecule has 0 aliphatic heterocycles. The van der Waals surface area contributed by atoms with Crippen LogP contribution in [0.4, 0.5) is 26.3 Å². The van der Waals surface area contributed by atoms with Crippen molar-refractivity contribution in [3.63, 3.8) is 0 Å². The molecule has 0 bridgehead atoms. The van der Waals surface area contributed by atoms with E-state index >= 15 is 0 Å². The van der Waals surface area contributed by atoms with Crippen LogP contribution in [0.5, 0.6) is 0 Å². The van der Waals surface area contributed by atoms with E-state index in [9.17, 15) is 26.3 Å². The van der Waals surface area contributed by atoms with Crippen molar-refractivity contribution < 1.29 is 26.3 Å². The van der Waals surface area contributed by atoms with Gasteiger partial charge in [0.1, 0.15) is 0 Å². The van der Waals surface area contributed by atoms with Gasteiger partial charge in [0, 0.05) is 12.4 Å². The molecular weight excluding hydrogens is 342 g/mol. The summed E-state index contributed by atoms with van der Waals surface area (Å²) in [6.45, 7) is 1.68. The van der Waals surface area contributed by atoms with Gasteiger partial charge in [-0.05, 0) is 31.2 Å². The number of rotatable bonds is 3. The van der Waals surface area contributed by atoms with Gasteiger partial charge in [-0.3, -0.25) is 4.98 Å². The van der Waals surface area contributed by atoms with Gasteiger partial charge >= 0.3 is 12.4 Å². The van der Waals surface area contributed by atoms with Gasteiger partial charge in [-0.1, -0.05) is 11.8 Å². The minimum Gasteiger partial charge on any atom is -0.259 e. The molecule has 2 heterocycles. The van der Waals surface area contributed by atoms with Gasteiger partial charge < -0.3 is 0 Å². The third-order valence-electron chi connectivity index (χ3n) is 2.89. The molecule has 2 aromatic heterocycles. The second-order valence-corrected chi connectivity index (χ2v) is 5.97. The number of thioether (sulfide) groups is 1. The maximum absolute atomic E-state index is 12.5. The van der Waals surface area contributed by atoms with Crippen LogP contribution in [0.2, 0.25) is 0 Å². The van der Waals surface area contributed by atoms with Gasteiger partial charge in [0.25, 0.3) is 0 Å². The van der Waals surface area contributed by atoms with E-state index in [1.165, 1.54) is 12.1 Å². The van der Waals surface area contributed by atoms with Gasteiger partial charge in [0.05, 0.1) is 27.1 Å². The Balaban J connectivity index is 2.08. The Hall–Kier alpha value is -1.77. The first-order valence-corrected chi connectivity index (χ1v) is 7.18. The van der Waals surface area contributed by atoms with Crippen LogP contribution in [0.15, 0.2) is 41.7 Å². The molecule has 9 heteroatoms. The quantitative estimate of drug-likeness (QED) is 0.549. The Labute approximate surface area is 132 Å². The highest BCUT2D eigenvalue weighted by Crippen LogP contribution is 2.35. The molecule has 0 radical (unpaired) electrons. The van der Waals surface area contributed by atoms with E-state index in [1.807, 2.05) is 0 Å². The molecule has 0 N–H and O–H groups in total. The van der Waals surface area contributed by atoms with Crippen molar-refractivity contribution in [3.8, 4) is 0 Å². The van der Waals surface area contributed by atoms with Gasteiger partial charge in [0.2, 0.25) is 0 Å². The van der Waals surface area contributed by atoms with Crippen LogP contribution in [0.3, 0.4) is 0 Å². The first-order chi connectivity index (χ1) is 10.6. The number of nitrogens with zero attached hydrogens (tertiary/aromatic N) is 2. The first-order valence-electron chi connectivity index (χ1n) is 6.30. The van der Waals surface area contributed by atoms with Gasteiger partial charge in [-0.15, -0.1) is 0 Å². The number of alkyl halides is 6. The van der Waals surface area contributed by atoms with Crippen LogP contribution in [-0.4, -0.2) is 9.97 Å². The van der Waals surface area contributed by atoms with Crippen LogP contribution < -0.4 is 0 Å². The number of hydrogen-bond acceptors (Lipinski definition) is 3. The molecule has 0 aliphatic rings. The second-order valence-electron chi connectivity index (χ2n) is 4.61. The standard InChI is InChI=1S/C14H10F6N2S/c1-8(11-4-2-9(6-21-11)13(15,16)17)23-12-5-3-10(7-22-12)14(18,19)20/h2-8H,1H3/t8-/m1/s1. The lowest BCUT2D eigenvalue weighted by Crippen LogP contribution is -2.06. The Morgan fingerprint density at radius 3 is 1.74 bits per heavy atom. The summed E-state index contributed by atoms with van der Waals surface area (Å²) in [7, 11) is 0. The summed E-state index contributed by atoms with van der Waals surface area (Å²) in [5, 5.41) is -0.0336. The molecule has 23 heavy (non-hydrogen) atoms. The van der Waals surface area contributed by atoms with Crippen LogP contribution in [0.1, 0.15) is 29.0 Å². The molecule has 2 rings (SSSR count). The van der Waals surface area contributed by atoms with Crippen molar-refractivity contribution in [1.29, 1.82) is 0 Å². The smallest absolute Gasteiger partial charge is 0.259 e. The molecule has 0 spiro atoms. The highest BCUT2D eigenvalue weighted by Gasteiger charge is 2.31. The first kappa shape index (κ1) is 17.6. The van der Waals surface area contributed by atoms with Gasteiger partial charge in [-0.25, -0.2) is 4.98 Å². The lowest BCUT2D eigenvalue weighted by molar-refractivity contribution is -0.138. The molecule has 2 nitrogen and oxygen atoms in total. The van der Waals surface area contributed by atoms with E-state index in [1.54, 1.807) is 6.92 Å². The number of aromatic nitrogens is 2. The average Bonchev–Trinajstić information content (AvgIpc) is 2.46. The molecule has 0 fully saturated rings. The zero-order valence-electron chi connectivity index (χ0n) is 11.6. The zero-order chi connectivity index (χ0) is 17.3. The fourth-order valence-corrected chi connectivity index (χ4v) is 2.56. The normalized spacial score (nSPS) is 13.9. The topological polar surface area (TPSA) is 25.8 Å². The van der Waals surface area contributed by atoms with E-state index in [-0.39, 0.29) is 5.25 Å². The van der Waals surface area contributed by atoms with Crippen LogP contribution in [0.25, 0.3) is 0 Å². The fraction of sp³-hybridized carbons (Fsp3) is 0.286. The summed E-state index contributed by atoms with van der Waals surface area (Å²) in [6.07, 6.45) is -7.48. The second kappa shape index (κ2) is 6.38. The van der Waals surface area contributed by atoms with Crippen molar-refractivity contribution >= 4 is 11.8 Å². The molecule has 0 amide bonds. The van der Waals surface area contributed by atoms with Crippen LogP contribution >= 0.6 is 11.8 Å². The van der Waals surface area contributed by atoms with Gasteiger partial charge in [-0.2, -0.15) is 26.3 Å². The van der Waals surface area contributed by atoms with Crippen molar-refractivity contribution in [2.75, 3.05) is 0 Å². The van der Waals surface area contributed by atoms with E-state index in [4.69, 9.17) is 0 Å². The number of pyridine rings is 2. The molecule has 0 unspecified atom stereocenters. The minimum atomic E-state index is -4.46. The summed E-state index contributed by atoms with van der Waals surface area (Å²) < 4.78 is 74.7. The van der Waals surface area contributed by atoms with Crippen molar-refractivity contribution in [2.45, 2.75) is 29.6 Å². The Morgan fingerprint density at radius 2 is 1.35 bits per heavy atom. The maximum Gasteiger partial charge on any atom is 0.417 e. The Kier molecular flexibility index (Phi) is 4.88. The summed E-state index contributed by atoms with van der Waals surface area (Å²) in [5.74, 6) is 0. The van der Waals surface area contributed by atoms with E-state index in [2.05, 4.69) is 9.97 Å². The summed E-state index contributed by atoms with van der Waals surface area (Å²) >= 11 is 1.11. The van der Waals surface area contributed by atoms with Crippen molar-refractivity contribution in [2.24, 2.45) is 0 Å². The van der Waals surface area contributed by atoms with Gasteiger partial charge in [0.15, 0.2) is 0 Å². The summed E-state index contributed by atoms with van der Waals surface area (Å²) in [5.41, 5.74) is -1.34. The average molecular weight is 352 g/mol. The molecule has 1 atom stereocenters. The SMILES string of the molecule is C[C@@H](Sc1ccc(C(F)(F)F)cn1)c1ccc(C(F)(F)F)cn1. The molecule has 2 aromatic rings. The number of halogens is 6. The molecular formula is C14H10F6N2S. The van der Waals surface area contributed by atoms with Crippen molar-refractivity contribution in [1.82, 2.24) is 9.97 Å². The third kappa shape index (κ3) is 4.60. The molecule has 124 valence electrons. The largest absolute Gasteiger partial charge is 0.417 e. The highest BCUT2D eigenvalue weighted by atomic mass is 32.2. The fourth-order valence-electron chi connectivity index (χ4n) is 1.67. The number of hydrogen-bond donors (Lipinski definition) is 0. The van der Waals surface area contributed by atoms with E-state index in [0.717, 1.165) is 36.3 Å². The molecule has 0 saturated heterocycles.